The molecule has 2 aliphatic heterocycles. The number of benzene rings is 2. The number of hydrogen-bond acceptors (Lipinski definition) is 6. The van der Waals surface area contributed by atoms with Crippen molar-refractivity contribution in [2.75, 3.05) is 38.1 Å². The Kier molecular flexibility index (Phi) is 9.90. The molecule has 1 saturated heterocycles. The van der Waals surface area contributed by atoms with Crippen LogP contribution in [0, 0.1) is 18.3 Å². The standard InChI is InChI=1S/C33H41ClN6O4/c1-21(2)16-28-32(43)35-20-33(10-4-5-15-44-29-9-6-23(34)17-25(29)31(42)39-28)11-13-40(14-12-33)19-30(41)38-24-7-8-26-27(18-24)37-22(3)36-26/h4-9,17-18,21,28H,10-16,19-20H2,1-3H3,(H,35,43)(H,36,37)(H,38,41)(H,39,42)/b5-4+/t28-/m0/s1. The zero-order chi connectivity index (χ0) is 31.3. The van der Waals surface area contributed by atoms with Gasteiger partial charge in [0.05, 0.1) is 23.1 Å². The zero-order valence-electron chi connectivity index (χ0n) is 25.5. The normalized spacial score (nSPS) is 20.3. The minimum Gasteiger partial charge on any atom is -0.489 e. The number of amides is 3. The van der Waals surface area contributed by atoms with Crippen LogP contribution in [0.3, 0.4) is 0 Å². The van der Waals surface area contributed by atoms with Gasteiger partial charge in [-0.25, -0.2) is 4.98 Å². The number of H-pyrrole nitrogens is 1. The van der Waals surface area contributed by atoms with E-state index in [0.717, 1.165) is 54.9 Å². The van der Waals surface area contributed by atoms with E-state index in [4.69, 9.17) is 16.3 Å². The Morgan fingerprint density at radius 1 is 1.16 bits per heavy atom. The third-order valence-corrected chi connectivity index (χ3v) is 8.61. The lowest BCUT2D eigenvalue weighted by atomic mass is 9.75. The third kappa shape index (κ3) is 7.98. The number of fused-ring (bicyclic) bond motifs is 2. The van der Waals surface area contributed by atoms with Gasteiger partial charge in [0.1, 0.15) is 24.2 Å². The Labute approximate surface area is 263 Å². The van der Waals surface area contributed by atoms with Crippen molar-refractivity contribution in [2.45, 2.75) is 52.5 Å². The van der Waals surface area contributed by atoms with E-state index in [1.54, 1.807) is 18.2 Å². The van der Waals surface area contributed by atoms with Gasteiger partial charge in [0.15, 0.2) is 0 Å². The van der Waals surface area contributed by atoms with Crippen LogP contribution in [0.2, 0.25) is 5.02 Å². The highest BCUT2D eigenvalue weighted by Crippen LogP contribution is 2.35. The summed E-state index contributed by atoms with van der Waals surface area (Å²) in [5.74, 6) is 0.767. The molecule has 2 aliphatic rings. The second-order valence-corrected chi connectivity index (χ2v) is 12.8. The monoisotopic (exact) mass is 620 g/mol. The van der Waals surface area contributed by atoms with Gasteiger partial charge in [-0.05, 0) is 93.4 Å². The zero-order valence-corrected chi connectivity index (χ0v) is 26.3. The van der Waals surface area contributed by atoms with E-state index >= 15 is 0 Å². The van der Waals surface area contributed by atoms with Crippen molar-refractivity contribution in [3.63, 3.8) is 0 Å². The van der Waals surface area contributed by atoms with Crippen molar-refractivity contribution >= 4 is 46.0 Å². The molecule has 3 heterocycles. The van der Waals surface area contributed by atoms with Crippen LogP contribution in [0.5, 0.6) is 5.75 Å². The summed E-state index contributed by atoms with van der Waals surface area (Å²) in [5.41, 5.74) is 2.61. The van der Waals surface area contributed by atoms with E-state index in [1.165, 1.54) is 0 Å². The predicted molar refractivity (Wildman–Crippen MR) is 172 cm³/mol. The molecule has 234 valence electrons. The molecule has 5 rings (SSSR count). The summed E-state index contributed by atoms with van der Waals surface area (Å²) in [4.78, 5) is 49.4. The molecule has 0 bridgehead atoms. The summed E-state index contributed by atoms with van der Waals surface area (Å²) in [6.45, 7) is 8.47. The van der Waals surface area contributed by atoms with Crippen LogP contribution in [0.25, 0.3) is 11.0 Å². The highest BCUT2D eigenvalue weighted by molar-refractivity contribution is 6.31. The van der Waals surface area contributed by atoms with Gasteiger partial charge in [0, 0.05) is 17.3 Å². The summed E-state index contributed by atoms with van der Waals surface area (Å²) in [5, 5.41) is 9.51. The van der Waals surface area contributed by atoms with Crippen molar-refractivity contribution in [1.82, 2.24) is 25.5 Å². The van der Waals surface area contributed by atoms with Crippen molar-refractivity contribution in [2.24, 2.45) is 11.3 Å². The number of hydrogen-bond donors (Lipinski definition) is 4. The largest absolute Gasteiger partial charge is 0.489 e. The topological polar surface area (TPSA) is 128 Å². The van der Waals surface area contributed by atoms with Crippen LogP contribution in [0.15, 0.2) is 48.6 Å². The van der Waals surface area contributed by atoms with E-state index in [2.05, 4.69) is 36.9 Å². The van der Waals surface area contributed by atoms with Gasteiger partial charge < -0.3 is 25.7 Å². The van der Waals surface area contributed by atoms with E-state index in [-0.39, 0.29) is 29.7 Å². The summed E-state index contributed by atoms with van der Waals surface area (Å²) in [7, 11) is 0. The van der Waals surface area contributed by atoms with Gasteiger partial charge >= 0.3 is 0 Å². The lowest BCUT2D eigenvalue weighted by molar-refractivity contribution is -0.124. The molecule has 44 heavy (non-hydrogen) atoms. The lowest BCUT2D eigenvalue weighted by Gasteiger charge is -2.41. The molecule has 3 amide bonds. The van der Waals surface area contributed by atoms with Crippen LogP contribution in [0.4, 0.5) is 5.69 Å². The summed E-state index contributed by atoms with van der Waals surface area (Å²) in [6, 6.07) is 9.88. The minimum atomic E-state index is -0.696. The SMILES string of the molecule is Cc1nc2ccc(NC(=O)CN3CCC4(C/C=C/COc5ccc(Cl)cc5C(=O)N[C@@H](CC(C)C)C(=O)NC4)CC3)cc2[nH]1. The molecule has 11 heteroatoms. The lowest BCUT2D eigenvalue weighted by Crippen LogP contribution is -2.52. The van der Waals surface area contributed by atoms with E-state index < -0.39 is 11.9 Å². The highest BCUT2D eigenvalue weighted by atomic mass is 35.5. The quantitative estimate of drug-likeness (QED) is 0.302. The first-order chi connectivity index (χ1) is 21.1. The molecule has 0 radical (unpaired) electrons. The Bertz CT molecular complexity index is 1540. The number of piperidine rings is 1. The van der Waals surface area contributed by atoms with Gasteiger partial charge in [0.25, 0.3) is 5.91 Å². The maximum Gasteiger partial charge on any atom is 0.255 e. The maximum absolute atomic E-state index is 13.5. The fourth-order valence-corrected chi connectivity index (χ4v) is 6.11. The molecule has 1 spiro atoms. The number of nitrogens with zero attached hydrogens (tertiary/aromatic N) is 2. The average Bonchev–Trinajstić information content (AvgIpc) is 3.35. The first-order valence-electron chi connectivity index (χ1n) is 15.2. The Hall–Kier alpha value is -3.89. The minimum absolute atomic E-state index is 0.0678. The molecule has 4 N–H and O–H groups in total. The number of nitrogens with one attached hydrogen (secondary N) is 4. The smallest absolute Gasteiger partial charge is 0.255 e. The van der Waals surface area contributed by atoms with Gasteiger partial charge in [-0.3, -0.25) is 19.3 Å². The second kappa shape index (κ2) is 13.8. The maximum atomic E-state index is 13.5. The number of anilines is 1. The van der Waals surface area contributed by atoms with Crippen LogP contribution >= 0.6 is 11.6 Å². The number of ether oxygens (including phenoxy) is 1. The number of carbonyl (C=O) groups is 3. The second-order valence-electron chi connectivity index (χ2n) is 12.4. The fourth-order valence-electron chi connectivity index (χ4n) is 5.94. The van der Waals surface area contributed by atoms with Crippen molar-refractivity contribution in [3.8, 4) is 5.75 Å². The summed E-state index contributed by atoms with van der Waals surface area (Å²) < 4.78 is 5.95. The van der Waals surface area contributed by atoms with Crippen molar-refractivity contribution in [3.05, 3.63) is 65.0 Å². The third-order valence-electron chi connectivity index (χ3n) is 8.37. The Balaban J connectivity index is 1.24. The van der Waals surface area contributed by atoms with Crippen molar-refractivity contribution < 1.29 is 19.1 Å². The van der Waals surface area contributed by atoms with Crippen LogP contribution in [-0.2, 0) is 9.59 Å². The van der Waals surface area contributed by atoms with Gasteiger partial charge in [-0.15, -0.1) is 0 Å². The Morgan fingerprint density at radius 2 is 1.95 bits per heavy atom. The number of imidazole rings is 1. The molecule has 0 unspecified atom stereocenters. The van der Waals surface area contributed by atoms with E-state index in [1.807, 2.05) is 45.0 Å². The Morgan fingerprint density at radius 3 is 2.73 bits per heavy atom. The highest BCUT2D eigenvalue weighted by Gasteiger charge is 2.35. The van der Waals surface area contributed by atoms with E-state index in [0.29, 0.717) is 35.9 Å². The number of rotatable bonds is 5. The van der Waals surface area contributed by atoms with Gasteiger partial charge in [-0.2, -0.15) is 0 Å². The van der Waals surface area contributed by atoms with E-state index in [9.17, 15) is 14.4 Å². The number of halogens is 1. The molecule has 0 aliphatic carbocycles. The number of carbonyl (C=O) groups excluding carboxylic acids is 3. The summed E-state index contributed by atoms with van der Waals surface area (Å²) >= 11 is 6.18. The number of aryl methyl sites for hydroxylation is 1. The number of aromatic nitrogens is 2. The first kappa shape index (κ1) is 31.5. The molecule has 1 fully saturated rings. The molecular weight excluding hydrogens is 580 g/mol. The number of aromatic amines is 1. The molecule has 1 aromatic heterocycles. The fraction of sp³-hybridized carbons (Fsp3) is 0.455. The van der Waals surface area contributed by atoms with Crippen LogP contribution in [0.1, 0.15) is 55.7 Å². The van der Waals surface area contributed by atoms with Crippen LogP contribution in [-0.4, -0.2) is 71.4 Å². The average molecular weight is 621 g/mol. The molecular formula is C33H41ClN6O4. The molecule has 10 nitrogen and oxygen atoms in total. The number of likely N-dealkylation sites (tertiary alicyclic amines) is 1. The number of allylic oxidation sites excluding steroid dienone is 1. The first-order valence-corrected chi connectivity index (χ1v) is 15.6. The molecule has 2 aromatic carbocycles. The van der Waals surface area contributed by atoms with Crippen LogP contribution < -0.4 is 20.7 Å². The van der Waals surface area contributed by atoms with Crippen molar-refractivity contribution in [1.29, 1.82) is 0 Å². The van der Waals surface area contributed by atoms with Gasteiger partial charge in [-0.1, -0.05) is 37.6 Å². The molecule has 3 aromatic rings. The van der Waals surface area contributed by atoms with Gasteiger partial charge in [0.2, 0.25) is 11.8 Å². The molecule has 1 atom stereocenters. The molecule has 0 saturated carbocycles. The summed E-state index contributed by atoms with van der Waals surface area (Å²) in [6.07, 6.45) is 6.92. The predicted octanol–water partition coefficient (Wildman–Crippen LogP) is 4.85.